The number of aliphatic carboxylic acids is 1. The summed E-state index contributed by atoms with van der Waals surface area (Å²) in [7, 11) is 3.75. The molecule has 1 saturated heterocycles. The van der Waals surface area contributed by atoms with Crippen LogP contribution in [0.15, 0.2) is 54.2 Å². The van der Waals surface area contributed by atoms with E-state index in [9.17, 15) is 13.2 Å². The molecule has 0 amide bonds. The molecule has 37 heavy (non-hydrogen) atoms. The third-order valence-electron chi connectivity index (χ3n) is 6.30. The minimum Gasteiger partial charge on any atom is -0.497 e. The van der Waals surface area contributed by atoms with Crippen LogP contribution in [-0.4, -0.2) is 56.9 Å². The summed E-state index contributed by atoms with van der Waals surface area (Å²) in [6.45, 7) is 3.30. The van der Waals surface area contributed by atoms with Crippen LogP contribution < -0.4 is 4.74 Å². The molecule has 0 saturated carbocycles. The number of piperidine rings is 1. The van der Waals surface area contributed by atoms with E-state index in [2.05, 4.69) is 57.2 Å². The number of carboxylic acids is 1. The van der Waals surface area contributed by atoms with E-state index < -0.39 is 12.1 Å². The van der Waals surface area contributed by atoms with Gasteiger partial charge in [-0.2, -0.15) is 13.2 Å². The number of hydrogen-bond acceptors (Lipinski definition) is 6. The van der Waals surface area contributed by atoms with Crippen LogP contribution in [0.4, 0.5) is 13.2 Å². The first-order chi connectivity index (χ1) is 17.7. The molecular weight excluding hydrogens is 505 g/mol. The topological polar surface area (TPSA) is 80.5 Å². The average Bonchev–Trinajstić information content (AvgIpc) is 3.54. The molecule has 0 spiro atoms. The van der Waals surface area contributed by atoms with E-state index in [4.69, 9.17) is 19.6 Å². The fourth-order valence-corrected chi connectivity index (χ4v) is 5.06. The number of carboxylic acid groups (broad SMARTS) is 1. The molecule has 0 atom stereocenters. The number of hydrogen-bond donors (Lipinski definition) is 1. The number of pyridine rings is 1. The number of ether oxygens (including phenoxy) is 1. The molecule has 11 heteroatoms. The molecule has 4 heterocycles. The fraction of sp³-hybridized carbons (Fsp3) is 0.346. The quantitative estimate of drug-likeness (QED) is 0.354. The van der Waals surface area contributed by atoms with Gasteiger partial charge in [0.1, 0.15) is 11.3 Å². The summed E-state index contributed by atoms with van der Waals surface area (Å²) in [4.78, 5) is 22.7. The third-order valence-corrected chi connectivity index (χ3v) is 7.16. The summed E-state index contributed by atoms with van der Waals surface area (Å²) in [6.07, 6.45) is -0.916. The number of imidazole rings is 1. The zero-order valence-corrected chi connectivity index (χ0v) is 21.2. The predicted octanol–water partition coefficient (Wildman–Crippen LogP) is 5.72. The van der Waals surface area contributed by atoms with E-state index in [0.29, 0.717) is 5.92 Å². The van der Waals surface area contributed by atoms with E-state index in [1.54, 1.807) is 7.11 Å². The van der Waals surface area contributed by atoms with Crippen molar-refractivity contribution in [2.75, 3.05) is 20.2 Å². The van der Waals surface area contributed by atoms with E-state index >= 15 is 0 Å². The predicted molar refractivity (Wildman–Crippen MR) is 136 cm³/mol. The molecule has 4 aromatic rings. The highest BCUT2D eigenvalue weighted by atomic mass is 32.1. The molecule has 7 nitrogen and oxygen atoms in total. The standard InChI is InChI=1S/C24H26N4OS.C2HF3O2/c1-27-16-25-24-22(27)14-21(26-23(24)18-5-7-19(29-2)8-6-18)17-9-11-28(12-10-17)15-20-4-3-13-30-20;3-2(4,5)1(6)7/h3-8,13-14,16-17H,9-12,15H2,1-2H3;(H,6,7). The maximum Gasteiger partial charge on any atom is 0.490 e. The van der Waals surface area contributed by atoms with Crippen molar-refractivity contribution >= 4 is 28.3 Å². The summed E-state index contributed by atoms with van der Waals surface area (Å²) in [5.74, 6) is -1.42. The molecule has 1 aliphatic heterocycles. The maximum absolute atomic E-state index is 10.6. The second-order valence-corrected chi connectivity index (χ2v) is 9.81. The Morgan fingerprint density at radius 1 is 1.19 bits per heavy atom. The van der Waals surface area contributed by atoms with Crippen molar-refractivity contribution in [3.63, 3.8) is 0 Å². The lowest BCUT2D eigenvalue weighted by Crippen LogP contribution is -2.32. The van der Waals surface area contributed by atoms with Gasteiger partial charge in [-0.05, 0) is 67.7 Å². The normalized spacial score (nSPS) is 14.8. The molecule has 196 valence electrons. The molecule has 3 aromatic heterocycles. The number of fused-ring (bicyclic) bond motifs is 1. The molecule has 0 radical (unpaired) electrons. The van der Waals surface area contributed by atoms with E-state index in [1.807, 2.05) is 29.8 Å². The molecule has 0 unspecified atom stereocenters. The van der Waals surface area contributed by atoms with Crippen molar-refractivity contribution in [1.29, 1.82) is 0 Å². The molecule has 1 N–H and O–H groups in total. The maximum atomic E-state index is 10.6. The Bertz CT molecular complexity index is 1330. The van der Waals surface area contributed by atoms with E-state index in [1.165, 1.54) is 10.6 Å². The van der Waals surface area contributed by atoms with Gasteiger partial charge in [0, 0.05) is 35.6 Å². The first-order valence-corrected chi connectivity index (χ1v) is 12.5. The van der Waals surface area contributed by atoms with Gasteiger partial charge >= 0.3 is 12.1 Å². The number of rotatable bonds is 5. The molecule has 0 bridgehead atoms. The van der Waals surface area contributed by atoms with Gasteiger partial charge in [0.05, 0.1) is 24.6 Å². The molecule has 5 rings (SSSR count). The fourth-order valence-electron chi connectivity index (χ4n) is 4.32. The van der Waals surface area contributed by atoms with E-state index in [0.717, 1.165) is 60.5 Å². The lowest BCUT2D eigenvalue weighted by Gasteiger charge is -2.31. The molecule has 1 fully saturated rings. The van der Waals surface area contributed by atoms with Crippen LogP contribution in [0.5, 0.6) is 5.75 Å². The van der Waals surface area contributed by atoms with Crippen molar-refractivity contribution in [3.8, 4) is 17.0 Å². The summed E-state index contributed by atoms with van der Waals surface area (Å²) in [6, 6.07) is 14.7. The number of carbonyl (C=O) groups is 1. The van der Waals surface area contributed by atoms with Gasteiger partial charge in [0.15, 0.2) is 0 Å². The molecule has 0 aliphatic carbocycles. The van der Waals surface area contributed by atoms with Crippen LogP contribution in [0, 0.1) is 0 Å². The molecular formula is C26H27F3N4O3S. The highest BCUT2D eigenvalue weighted by molar-refractivity contribution is 7.09. The zero-order valence-electron chi connectivity index (χ0n) is 20.4. The van der Waals surface area contributed by atoms with Crippen LogP contribution in [0.1, 0.15) is 29.3 Å². The van der Waals surface area contributed by atoms with Crippen molar-refractivity contribution in [2.24, 2.45) is 7.05 Å². The number of nitrogens with zero attached hydrogens (tertiary/aromatic N) is 4. The summed E-state index contributed by atoms with van der Waals surface area (Å²) in [5, 5.41) is 9.29. The SMILES string of the molecule is COc1ccc(-c2nc(C3CCN(Cc4cccs4)CC3)cc3c2ncn3C)cc1.O=C(O)C(F)(F)F. The largest absolute Gasteiger partial charge is 0.497 e. The Hall–Kier alpha value is -3.44. The average molecular weight is 533 g/mol. The first kappa shape index (κ1) is 26.6. The highest BCUT2D eigenvalue weighted by Gasteiger charge is 2.38. The molecule has 1 aromatic carbocycles. The number of likely N-dealkylation sites (tertiary alicyclic amines) is 1. The summed E-state index contributed by atoms with van der Waals surface area (Å²) in [5.41, 5.74) is 5.34. The van der Waals surface area contributed by atoms with Crippen LogP contribution >= 0.6 is 11.3 Å². The number of aryl methyl sites for hydroxylation is 1. The van der Waals surface area contributed by atoms with Gasteiger partial charge < -0.3 is 14.4 Å². The minimum atomic E-state index is -5.08. The van der Waals surface area contributed by atoms with Crippen LogP contribution in [0.25, 0.3) is 22.3 Å². The van der Waals surface area contributed by atoms with Crippen molar-refractivity contribution in [2.45, 2.75) is 31.5 Å². The number of halogens is 3. The van der Waals surface area contributed by atoms with Gasteiger partial charge in [0.2, 0.25) is 0 Å². The van der Waals surface area contributed by atoms with Crippen LogP contribution in [-0.2, 0) is 18.4 Å². The number of thiophene rings is 1. The third kappa shape index (κ3) is 6.47. The van der Waals surface area contributed by atoms with Gasteiger partial charge in [-0.1, -0.05) is 6.07 Å². The van der Waals surface area contributed by atoms with Gasteiger partial charge in [-0.3, -0.25) is 9.88 Å². The Kier molecular flexibility index (Phi) is 8.13. The van der Waals surface area contributed by atoms with Crippen LogP contribution in [0.3, 0.4) is 0 Å². The highest BCUT2D eigenvalue weighted by Crippen LogP contribution is 2.34. The lowest BCUT2D eigenvalue weighted by molar-refractivity contribution is -0.192. The van der Waals surface area contributed by atoms with Crippen molar-refractivity contribution in [3.05, 3.63) is 64.7 Å². The first-order valence-electron chi connectivity index (χ1n) is 11.7. The number of aromatic nitrogens is 3. The number of methoxy groups -OCH3 is 1. The molecule has 1 aliphatic rings. The van der Waals surface area contributed by atoms with Gasteiger partial charge in [-0.15, -0.1) is 11.3 Å². The Balaban J connectivity index is 0.000000405. The minimum absolute atomic E-state index is 0.487. The zero-order chi connectivity index (χ0) is 26.6. The van der Waals surface area contributed by atoms with Crippen molar-refractivity contribution in [1.82, 2.24) is 19.4 Å². The number of alkyl halides is 3. The van der Waals surface area contributed by atoms with Gasteiger partial charge in [-0.25, -0.2) is 9.78 Å². The Morgan fingerprint density at radius 2 is 1.86 bits per heavy atom. The van der Waals surface area contributed by atoms with Crippen LogP contribution in [0.2, 0.25) is 0 Å². The van der Waals surface area contributed by atoms with E-state index in [-0.39, 0.29) is 0 Å². The summed E-state index contributed by atoms with van der Waals surface area (Å²) < 4.78 is 39.2. The smallest absolute Gasteiger partial charge is 0.490 e. The lowest BCUT2D eigenvalue weighted by atomic mass is 9.92. The Morgan fingerprint density at radius 3 is 2.43 bits per heavy atom. The Labute approximate surface area is 216 Å². The monoisotopic (exact) mass is 532 g/mol. The summed E-state index contributed by atoms with van der Waals surface area (Å²) >= 11 is 1.85. The van der Waals surface area contributed by atoms with Gasteiger partial charge in [0.25, 0.3) is 0 Å². The second kappa shape index (κ2) is 11.3. The second-order valence-electron chi connectivity index (χ2n) is 8.78. The number of benzene rings is 1. The van der Waals surface area contributed by atoms with Crippen molar-refractivity contribution < 1.29 is 27.8 Å².